The van der Waals surface area contributed by atoms with Gasteiger partial charge in [-0.25, -0.2) is 4.79 Å². The second-order valence-corrected chi connectivity index (χ2v) is 6.70. The summed E-state index contributed by atoms with van der Waals surface area (Å²) in [5.74, 6) is -0.646. The number of fused-ring (bicyclic) bond motifs is 1. The largest absolute Gasteiger partial charge is 0.346 e. The van der Waals surface area contributed by atoms with E-state index in [1.165, 1.54) is 0 Å². The van der Waals surface area contributed by atoms with Gasteiger partial charge in [0.1, 0.15) is 5.54 Å². The van der Waals surface area contributed by atoms with Gasteiger partial charge in [-0.1, -0.05) is 32.0 Å². The maximum absolute atomic E-state index is 12.9. The van der Waals surface area contributed by atoms with E-state index in [0.29, 0.717) is 31.4 Å². The van der Waals surface area contributed by atoms with Gasteiger partial charge in [0.25, 0.3) is 5.91 Å². The summed E-state index contributed by atoms with van der Waals surface area (Å²) in [4.78, 5) is 39.0. The molecule has 1 aliphatic heterocycles. The molecule has 0 unspecified atom stereocenters. The normalized spacial score (nSPS) is 15.8. The molecule has 1 saturated heterocycles. The summed E-state index contributed by atoms with van der Waals surface area (Å²) >= 11 is 0. The Hall–Kier alpha value is -3.14. The number of aromatic nitrogens is 1. The molecule has 0 spiro atoms. The van der Waals surface area contributed by atoms with E-state index < -0.39 is 11.6 Å². The number of nitriles is 1. The molecule has 3 rings (SSSR count). The lowest BCUT2D eigenvalue weighted by molar-refractivity contribution is -0.131. The highest BCUT2D eigenvalue weighted by Crippen LogP contribution is 2.27. The van der Waals surface area contributed by atoms with Gasteiger partial charge < -0.3 is 9.88 Å². The molecule has 3 amide bonds. The number of para-hydroxylation sites is 1. The molecule has 7 nitrogen and oxygen atoms in total. The number of carbonyl (C=O) groups excluding carboxylic acids is 3. The lowest BCUT2D eigenvalue weighted by Crippen LogP contribution is -2.46. The maximum Gasteiger partial charge on any atom is 0.325 e. The number of carbonyl (C=O) groups is 3. The van der Waals surface area contributed by atoms with Crippen molar-refractivity contribution in [2.75, 3.05) is 6.54 Å². The standard InChI is InChI=1S/C20H22N4O3/c1-3-20(4-2)18(26)24(19(27)22-20)13-17(25)15-12-23(11-7-10-21)16-9-6-5-8-14(15)16/h5-6,8-9,12H,3-4,7,11,13H2,1-2H3,(H,22,27). The van der Waals surface area contributed by atoms with Crippen molar-refractivity contribution in [3.63, 3.8) is 0 Å². The van der Waals surface area contributed by atoms with Gasteiger partial charge in [0, 0.05) is 29.2 Å². The summed E-state index contributed by atoms with van der Waals surface area (Å²) in [5, 5.41) is 12.3. The molecule has 0 atom stereocenters. The van der Waals surface area contributed by atoms with Crippen LogP contribution in [0.25, 0.3) is 10.9 Å². The molecule has 1 N–H and O–H groups in total. The minimum absolute atomic E-state index is 0.293. The van der Waals surface area contributed by atoms with Crippen LogP contribution in [-0.4, -0.2) is 39.3 Å². The Bertz CT molecular complexity index is 950. The van der Waals surface area contributed by atoms with Crippen LogP contribution in [0.3, 0.4) is 0 Å². The second-order valence-electron chi connectivity index (χ2n) is 6.70. The number of aryl methyl sites for hydroxylation is 1. The van der Waals surface area contributed by atoms with Gasteiger partial charge in [0.2, 0.25) is 0 Å². The first-order chi connectivity index (χ1) is 13.0. The fourth-order valence-electron chi connectivity index (χ4n) is 3.60. The summed E-state index contributed by atoms with van der Waals surface area (Å²) in [5.41, 5.74) is 0.387. The fraction of sp³-hybridized carbons (Fsp3) is 0.400. The summed E-state index contributed by atoms with van der Waals surface area (Å²) in [6.07, 6.45) is 2.99. The van der Waals surface area contributed by atoms with Gasteiger partial charge in [-0.15, -0.1) is 0 Å². The number of Topliss-reactive ketones (excluding diaryl/α,β-unsaturated/α-hetero) is 1. The third kappa shape index (κ3) is 3.08. The summed E-state index contributed by atoms with van der Waals surface area (Å²) in [6.45, 7) is 3.87. The molecule has 0 bridgehead atoms. The van der Waals surface area contributed by atoms with Crippen LogP contribution >= 0.6 is 0 Å². The number of urea groups is 1. The number of nitrogens with one attached hydrogen (secondary N) is 1. The van der Waals surface area contributed by atoms with E-state index in [1.807, 2.05) is 42.7 Å². The van der Waals surface area contributed by atoms with Crippen molar-refractivity contribution in [3.8, 4) is 6.07 Å². The van der Waals surface area contributed by atoms with E-state index in [4.69, 9.17) is 5.26 Å². The first-order valence-corrected chi connectivity index (χ1v) is 9.09. The van der Waals surface area contributed by atoms with Crippen LogP contribution in [0.1, 0.15) is 43.5 Å². The van der Waals surface area contributed by atoms with Crippen LogP contribution in [0.5, 0.6) is 0 Å². The Kier molecular flexibility index (Phi) is 5.00. The van der Waals surface area contributed by atoms with Crippen LogP contribution in [0.2, 0.25) is 0 Å². The highest BCUT2D eigenvalue weighted by Gasteiger charge is 2.49. The first kappa shape index (κ1) is 18.6. The fourth-order valence-corrected chi connectivity index (χ4v) is 3.60. The van der Waals surface area contributed by atoms with E-state index in [1.54, 1.807) is 6.20 Å². The average molecular weight is 366 g/mol. The van der Waals surface area contributed by atoms with Crippen molar-refractivity contribution in [1.29, 1.82) is 5.26 Å². The molecule has 1 fully saturated rings. The number of rotatable bonds is 7. The zero-order valence-electron chi connectivity index (χ0n) is 15.5. The lowest BCUT2D eigenvalue weighted by atomic mass is 9.93. The molecule has 1 aliphatic rings. The van der Waals surface area contributed by atoms with Gasteiger partial charge >= 0.3 is 6.03 Å². The number of hydrogen-bond acceptors (Lipinski definition) is 4. The Morgan fingerprint density at radius 2 is 1.93 bits per heavy atom. The van der Waals surface area contributed by atoms with Gasteiger partial charge in [0.05, 0.1) is 19.0 Å². The molecular formula is C20H22N4O3. The molecule has 1 aromatic heterocycles. The monoisotopic (exact) mass is 366 g/mol. The van der Waals surface area contributed by atoms with Crippen molar-refractivity contribution in [2.45, 2.75) is 45.2 Å². The molecule has 7 heteroatoms. The zero-order chi connectivity index (χ0) is 19.6. The van der Waals surface area contributed by atoms with E-state index in [0.717, 1.165) is 15.8 Å². The van der Waals surface area contributed by atoms with E-state index in [-0.39, 0.29) is 18.2 Å². The van der Waals surface area contributed by atoms with Crippen LogP contribution in [0.4, 0.5) is 4.79 Å². The quantitative estimate of drug-likeness (QED) is 0.602. The van der Waals surface area contributed by atoms with Crippen molar-refractivity contribution in [2.24, 2.45) is 0 Å². The predicted molar refractivity (Wildman–Crippen MR) is 100 cm³/mol. The van der Waals surface area contributed by atoms with Crippen molar-refractivity contribution in [3.05, 3.63) is 36.0 Å². The van der Waals surface area contributed by atoms with Crippen molar-refractivity contribution >= 4 is 28.6 Å². The SMILES string of the molecule is CCC1(CC)NC(=O)N(CC(=O)c2cn(CCC#N)c3ccccc23)C1=O. The molecule has 2 aromatic rings. The molecule has 0 saturated carbocycles. The van der Waals surface area contributed by atoms with E-state index in [9.17, 15) is 14.4 Å². The smallest absolute Gasteiger partial charge is 0.325 e. The Labute approximate surface area is 157 Å². The van der Waals surface area contributed by atoms with Gasteiger partial charge in [-0.2, -0.15) is 5.26 Å². The minimum atomic E-state index is -0.918. The molecule has 2 heterocycles. The molecule has 0 aliphatic carbocycles. The molecule has 140 valence electrons. The predicted octanol–water partition coefficient (Wildman–Crippen LogP) is 2.85. The van der Waals surface area contributed by atoms with Crippen LogP contribution < -0.4 is 5.32 Å². The number of benzene rings is 1. The maximum atomic E-state index is 12.9. The van der Waals surface area contributed by atoms with Gasteiger partial charge in [-0.05, 0) is 18.9 Å². The van der Waals surface area contributed by atoms with Crippen LogP contribution in [0.15, 0.2) is 30.5 Å². The highest BCUT2D eigenvalue weighted by molar-refractivity contribution is 6.14. The molecule has 0 radical (unpaired) electrons. The van der Waals surface area contributed by atoms with E-state index >= 15 is 0 Å². The summed E-state index contributed by atoms with van der Waals surface area (Å²) < 4.78 is 1.86. The number of amides is 3. The second kappa shape index (κ2) is 7.23. The average Bonchev–Trinajstić information content (AvgIpc) is 3.17. The van der Waals surface area contributed by atoms with Gasteiger partial charge in [0.15, 0.2) is 5.78 Å². The number of ketones is 1. The molecule has 1 aromatic carbocycles. The Morgan fingerprint density at radius 1 is 1.22 bits per heavy atom. The van der Waals surface area contributed by atoms with Crippen LogP contribution in [-0.2, 0) is 11.3 Å². The first-order valence-electron chi connectivity index (χ1n) is 9.09. The van der Waals surface area contributed by atoms with Crippen LogP contribution in [0, 0.1) is 11.3 Å². The number of hydrogen-bond donors (Lipinski definition) is 1. The molecular weight excluding hydrogens is 344 g/mol. The van der Waals surface area contributed by atoms with E-state index in [2.05, 4.69) is 11.4 Å². The topological polar surface area (TPSA) is 95.2 Å². The molecule has 27 heavy (non-hydrogen) atoms. The number of nitrogens with zero attached hydrogens (tertiary/aromatic N) is 3. The van der Waals surface area contributed by atoms with Gasteiger partial charge in [-0.3, -0.25) is 14.5 Å². The highest BCUT2D eigenvalue weighted by atomic mass is 16.2. The lowest BCUT2D eigenvalue weighted by Gasteiger charge is -2.22. The summed E-state index contributed by atoms with van der Waals surface area (Å²) in [7, 11) is 0. The van der Waals surface area contributed by atoms with Crippen molar-refractivity contribution < 1.29 is 14.4 Å². The Morgan fingerprint density at radius 3 is 2.56 bits per heavy atom. The Balaban J connectivity index is 1.90. The third-order valence-electron chi connectivity index (χ3n) is 5.31. The number of imide groups is 1. The summed E-state index contributed by atoms with van der Waals surface area (Å²) in [6, 6.07) is 9.00. The minimum Gasteiger partial charge on any atom is -0.346 e. The third-order valence-corrected chi connectivity index (χ3v) is 5.31. The zero-order valence-corrected chi connectivity index (χ0v) is 15.5. The van der Waals surface area contributed by atoms with Crippen molar-refractivity contribution in [1.82, 2.24) is 14.8 Å².